The van der Waals surface area contributed by atoms with E-state index in [0.717, 1.165) is 24.8 Å². The van der Waals surface area contributed by atoms with Crippen LogP contribution in [0.2, 0.25) is 0 Å². The first-order valence-electron chi connectivity index (χ1n) is 6.18. The van der Waals surface area contributed by atoms with E-state index in [1.54, 1.807) is 5.56 Å². The Hall–Kier alpha value is -0.530. The summed E-state index contributed by atoms with van der Waals surface area (Å²) in [7, 11) is 0. The van der Waals surface area contributed by atoms with Crippen LogP contribution in [0.25, 0.3) is 0 Å². The van der Waals surface area contributed by atoms with Crippen molar-refractivity contribution >= 4 is 11.6 Å². The van der Waals surface area contributed by atoms with Gasteiger partial charge in [-0.05, 0) is 37.3 Å². The van der Waals surface area contributed by atoms with Gasteiger partial charge in [-0.2, -0.15) is 0 Å². The first kappa shape index (κ1) is 11.9. The molecule has 0 aliphatic heterocycles. The average molecular weight is 238 g/mol. The van der Waals surface area contributed by atoms with Crippen LogP contribution in [0.1, 0.15) is 36.8 Å². The lowest BCUT2D eigenvalue weighted by Gasteiger charge is -2.31. The Morgan fingerprint density at radius 2 is 2.25 bits per heavy atom. The molecule has 0 saturated heterocycles. The van der Waals surface area contributed by atoms with Crippen LogP contribution in [0.15, 0.2) is 24.3 Å². The minimum absolute atomic E-state index is 0.589. The minimum Gasteiger partial charge on any atom is -0.314 e. The first-order valence-corrected chi connectivity index (χ1v) is 6.72. The smallest absolute Gasteiger partial charge is 0.0224 e. The Morgan fingerprint density at radius 1 is 1.44 bits per heavy atom. The van der Waals surface area contributed by atoms with E-state index in [4.69, 9.17) is 11.6 Å². The molecule has 1 aromatic rings. The Bertz CT molecular complexity index is 337. The maximum absolute atomic E-state index is 5.69. The highest BCUT2D eigenvalue weighted by Crippen LogP contribution is 2.34. The summed E-state index contributed by atoms with van der Waals surface area (Å²) in [5.41, 5.74) is 3.07. The Labute approximate surface area is 103 Å². The van der Waals surface area contributed by atoms with Crippen molar-refractivity contribution in [2.24, 2.45) is 0 Å². The van der Waals surface area contributed by atoms with Crippen molar-refractivity contribution in [1.29, 1.82) is 0 Å². The van der Waals surface area contributed by atoms with Gasteiger partial charge in [-0.1, -0.05) is 24.3 Å². The fourth-order valence-electron chi connectivity index (χ4n) is 2.37. The highest BCUT2D eigenvalue weighted by Gasteiger charge is 2.24. The Kier molecular flexibility index (Phi) is 4.25. The molecule has 0 spiro atoms. The molecule has 2 heteroatoms. The number of fused-ring (bicyclic) bond motifs is 1. The number of alkyl halides is 1. The Morgan fingerprint density at radius 3 is 3.00 bits per heavy atom. The van der Waals surface area contributed by atoms with Crippen molar-refractivity contribution < 1.29 is 0 Å². The standard InChI is InChI=1S/C14H20ClN/c1-11(5-4-8-15)16-10-13-9-12-6-2-3-7-14(12)13/h2-3,6-7,11,13,16H,4-5,8-10H2,1H3. The molecule has 1 aliphatic carbocycles. The first-order chi connectivity index (χ1) is 7.81. The maximum atomic E-state index is 5.69. The van der Waals surface area contributed by atoms with Gasteiger partial charge in [-0.25, -0.2) is 0 Å². The molecule has 1 nitrogen and oxygen atoms in total. The fraction of sp³-hybridized carbons (Fsp3) is 0.571. The summed E-state index contributed by atoms with van der Waals surface area (Å²) in [6, 6.07) is 9.36. The van der Waals surface area contributed by atoms with Crippen LogP contribution in [-0.2, 0) is 6.42 Å². The van der Waals surface area contributed by atoms with Crippen molar-refractivity contribution in [3.63, 3.8) is 0 Å². The summed E-state index contributed by atoms with van der Waals surface area (Å²) in [6.45, 7) is 3.36. The van der Waals surface area contributed by atoms with Gasteiger partial charge >= 0.3 is 0 Å². The van der Waals surface area contributed by atoms with Crippen LogP contribution < -0.4 is 5.32 Å². The summed E-state index contributed by atoms with van der Waals surface area (Å²) in [5, 5.41) is 3.60. The highest BCUT2D eigenvalue weighted by molar-refractivity contribution is 6.17. The van der Waals surface area contributed by atoms with Crippen LogP contribution in [-0.4, -0.2) is 18.5 Å². The molecule has 2 unspecified atom stereocenters. The second-order valence-electron chi connectivity index (χ2n) is 4.74. The zero-order valence-electron chi connectivity index (χ0n) is 9.88. The predicted octanol–water partition coefficient (Wildman–Crippen LogP) is 3.32. The quantitative estimate of drug-likeness (QED) is 0.749. The molecule has 1 N–H and O–H groups in total. The predicted molar refractivity (Wildman–Crippen MR) is 70.3 cm³/mol. The van der Waals surface area contributed by atoms with Gasteiger partial charge in [0.1, 0.15) is 0 Å². The third-order valence-electron chi connectivity index (χ3n) is 3.44. The van der Waals surface area contributed by atoms with Crippen LogP contribution in [0.5, 0.6) is 0 Å². The lowest BCUT2D eigenvalue weighted by molar-refractivity contribution is 0.458. The van der Waals surface area contributed by atoms with E-state index in [2.05, 4.69) is 36.5 Å². The van der Waals surface area contributed by atoms with E-state index in [9.17, 15) is 0 Å². The van der Waals surface area contributed by atoms with Crippen LogP contribution in [0.3, 0.4) is 0 Å². The molecule has 0 bridgehead atoms. The summed E-state index contributed by atoms with van der Waals surface area (Å²) >= 11 is 5.69. The van der Waals surface area contributed by atoms with Gasteiger partial charge in [-0.3, -0.25) is 0 Å². The van der Waals surface area contributed by atoms with E-state index in [-0.39, 0.29) is 0 Å². The van der Waals surface area contributed by atoms with Crippen molar-refractivity contribution in [3.05, 3.63) is 35.4 Å². The monoisotopic (exact) mass is 237 g/mol. The molecule has 0 amide bonds. The maximum Gasteiger partial charge on any atom is 0.0224 e. The molecule has 88 valence electrons. The summed E-state index contributed by atoms with van der Waals surface area (Å²) in [5.74, 6) is 1.51. The summed E-state index contributed by atoms with van der Waals surface area (Å²) in [4.78, 5) is 0. The summed E-state index contributed by atoms with van der Waals surface area (Å²) < 4.78 is 0. The zero-order valence-corrected chi connectivity index (χ0v) is 10.6. The summed E-state index contributed by atoms with van der Waals surface area (Å²) in [6.07, 6.45) is 3.53. The number of hydrogen-bond acceptors (Lipinski definition) is 1. The van der Waals surface area contributed by atoms with Gasteiger partial charge < -0.3 is 5.32 Å². The normalized spacial score (nSPS) is 20.0. The zero-order chi connectivity index (χ0) is 11.4. The second kappa shape index (κ2) is 5.70. The molecule has 0 radical (unpaired) electrons. The van der Waals surface area contributed by atoms with E-state index >= 15 is 0 Å². The molecule has 0 fully saturated rings. The van der Waals surface area contributed by atoms with Gasteiger partial charge in [0.05, 0.1) is 0 Å². The molecule has 1 aromatic carbocycles. The lowest BCUT2D eigenvalue weighted by Crippen LogP contribution is -2.34. The van der Waals surface area contributed by atoms with Gasteiger partial charge in [0.25, 0.3) is 0 Å². The minimum atomic E-state index is 0.589. The van der Waals surface area contributed by atoms with Gasteiger partial charge in [0, 0.05) is 24.4 Å². The van der Waals surface area contributed by atoms with Crippen LogP contribution >= 0.6 is 11.6 Å². The third-order valence-corrected chi connectivity index (χ3v) is 3.71. The molecule has 2 rings (SSSR count). The largest absolute Gasteiger partial charge is 0.314 e. The number of nitrogens with one attached hydrogen (secondary N) is 1. The molecular weight excluding hydrogens is 218 g/mol. The molecule has 0 saturated carbocycles. The van der Waals surface area contributed by atoms with Crippen LogP contribution in [0.4, 0.5) is 0 Å². The van der Waals surface area contributed by atoms with Gasteiger partial charge in [-0.15, -0.1) is 11.6 Å². The number of benzene rings is 1. The number of rotatable bonds is 6. The fourth-order valence-corrected chi connectivity index (χ4v) is 2.53. The van der Waals surface area contributed by atoms with Crippen molar-refractivity contribution in [1.82, 2.24) is 5.32 Å². The molecule has 0 aromatic heterocycles. The highest BCUT2D eigenvalue weighted by atomic mass is 35.5. The topological polar surface area (TPSA) is 12.0 Å². The molecule has 2 atom stereocenters. The van der Waals surface area contributed by atoms with Crippen LogP contribution in [0, 0.1) is 0 Å². The van der Waals surface area contributed by atoms with E-state index in [0.29, 0.717) is 6.04 Å². The molecule has 0 heterocycles. The Balaban J connectivity index is 1.73. The molecule has 1 aliphatic rings. The lowest BCUT2D eigenvalue weighted by atomic mass is 9.77. The van der Waals surface area contributed by atoms with Gasteiger partial charge in [0.2, 0.25) is 0 Å². The van der Waals surface area contributed by atoms with E-state index < -0.39 is 0 Å². The SMILES string of the molecule is CC(CCCCl)NCC1Cc2ccccc21. The number of halogens is 1. The molecular formula is C14H20ClN. The average Bonchev–Trinajstić information content (AvgIpc) is 2.27. The van der Waals surface area contributed by atoms with Crippen molar-refractivity contribution in [2.45, 2.75) is 38.1 Å². The van der Waals surface area contributed by atoms with E-state index in [1.807, 2.05) is 0 Å². The molecule has 16 heavy (non-hydrogen) atoms. The second-order valence-corrected chi connectivity index (χ2v) is 5.12. The van der Waals surface area contributed by atoms with E-state index in [1.165, 1.54) is 18.4 Å². The van der Waals surface area contributed by atoms with Crippen molar-refractivity contribution in [2.75, 3.05) is 12.4 Å². The van der Waals surface area contributed by atoms with Gasteiger partial charge in [0.15, 0.2) is 0 Å². The van der Waals surface area contributed by atoms with Crippen molar-refractivity contribution in [3.8, 4) is 0 Å². The number of hydrogen-bond donors (Lipinski definition) is 1. The third kappa shape index (κ3) is 2.78.